The summed E-state index contributed by atoms with van der Waals surface area (Å²) in [6, 6.07) is 13.7. The molecule has 216 valence electrons. The zero-order valence-corrected chi connectivity index (χ0v) is 24.2. The predicted molar refractivity (Wildman–Crippen MR) is 162 cm³/mol. The second-order valence-corrected chi connectivity index (χ2v) is 12.3. The molecular weight excluding hydrogens is 553 g/mol. The molecule has 7 rings (SSSR count). The number of rotatable bonds is 8. The molecule has 1 aliphatic carbocycles. The molecule has 0 bridgehead atoms. The fourth-order valence-electron chi connectivity index (χ4n) is 6.43. The van der Waals surface area contributed by atoms with Crippen molar-refractivity contribution < 1.29 is 9.13 Å². The maximum atomic E-state index is 16.6. The Bertz CT molecular complexity index is 1680. The predicted octanol–water partition coefficient (Wildman–Crippen LogP) is 5.58. The van der Waals surface area contributed by atoms with E-state index >= 15 is 4.39 Å². The standard InChI is InChI=1S/C32H33ClFN7O/c33-25-8-4-6-21-5-3-7-23(26(21)25)28-27(34)29-24(17-37-28)30(41-16-13-36-22(18-41)9-12-35)39-31(38-29)42-20-32(10-11-32)19-40-14-1-2-15-40/h3-8,17,22,36H,1-2,9-11,13-16,18-20H2/t22-/m0/s1. The molecule has 0 spiro atoms. The molecule has 2 aromatic heterocycles. The van der Waals surface area contributed by atoms with E-state index in [0.717, 1.165) is 43.2 Å². The van der Waals surface area contributed by atoms with Gasteiger partial charge in [0.15, 0.2) is 5.82 Å². The smallest absolute Gasteiger partial charge is 0.319 e. The Kier molecular flexibility index (Phi) is 7.30. The number of likely N-dealkylation sites (tertiary alicyclic amines) is 1. The molecule has 2 saturated heterocycles. The van der Waals surface area contributed by atoms with Crippen molar-refractivity contribution in [3.8, 4) is 23.3 Å². The lowest BCUT2D eigenvalue weighted by atomic mass is 10.0. The van der Waals surface area contributed by atoms with Crippen molar-refractivity contribution in [1.82, 2.24) is 25.2 Å². The van der Waals surface area contributed by atoms with Crippen LogP contribution in [0, 0.1) is 22.6 Å². The van der Waals surface area contributed by atoms with Crippen molar-refractivity contribution in [3.05, 3.63) is 53.4 Å². The molecular formula is C32H33ClFN7O. The summed E-state index contributed by atoms with van der Waals surface area (Å²) >= 11 is 6.59. The van der Waals surface area contributed by atoms with E-state index in [0.29, 0.717) is 54.5 Å². The van der Waals surface area contributed by atoms with Crippen LogP contribution >= 0.6 is 11.6 Å². The molecule has 0 radical (unpaired) electrons. The summed E-state index contributed by atoms with van der Waals surface area (Å²) in [7, 11) is 0. The molecule has 4 heterocycles. The number of hydrogen-bond donors (Lipinski definition) is 1. The molecule has 1 atom stereocenters. The van der Waals surface area contributed by atoms with Crippen LogP contribution in [0.5, 0.6) is 6.01 Å². The number of benzene rings is 2. The van der Waals surface area contributed by atoms with Gasteiger partial charge in [-0.05, 0) is 50.2 Å². The van der Waals surface area contributed by atoms with Gasteiger partial charge >= 0.3 is 6.01 Å². The highest BCUT2D eigenvalue weighted by Crippen LogP contribution is 2.47. The number of fused-ring (bicyclic) bond motifs is 2. The highest BCUT2D eigenvalue weighted by atomic mass is 35.5. The molecule has 4 aromatic rings. The first-order chi connectivity index (χ1) is 20.5. The number of pyridine rings is 1. The van der Waals surface area contributed by atoms with Gasteiger partial charge < -0.3 is 19.9 Å². The molecule has 3 aliphatic rings. The first kappa shape index (κ1) is 27.3. The van der Waals surface area contributed by atoms with Gasteiger partial charge in [-0.15, -0.1) is 0 Å². The molecule has 1 N–H and O–H groups in total. The largest absolute Gasteiger partial charge is 0.463 e. The van der Waals surface area contributed by atoms with Crippen molar-refractivity contribution in [2.75, 3.05) is 50.8 Å². The van der Waals surface area contributed by atoms with Gasteiger partial charge in [-0.25, -0.2) is 4.39 Å². The first-order valence-corrected chi connectivity index (χ1v) is 15.2. The lowest BCUT2D eigenvalue weighted by Crippen LogP contribution is -2.51. The number of hydrogen-bond acceptors (Lipinski definition) is 8. The monoisotopic (exact) mass is 585 g/mol. The first-order valence-electron chi connectivity index (χ1n) is 14.8. The van der Waals surface area contributed by atoms with E-state index in [2.05, 4.69) is 31.2 Å². The average Bonchev–Trinajstić information content (AvgIpc) is 3.58. The van der Waals surface area contributed by atoms with E-state index in [-0.39, 0.29) is 28.7 Å². The molecule has 42 heavy (non-hydrogen) atoms. The summed E-state index contributed by atoms with van der Waals surface area (Å²) in [6.45, 7) is 5.73. The number of nitriles is 1. The number of anilines is 1. The highest BCUT2D eigenvalue weighted by molar-refractivity contribution is 6.36. The SMILES string of the molecule is N#CC[C@H]1CN(c2nc(OCC3(CN4CCCC4)CC3)nc3c(F)c(-c4cccc5cccc(Cl)c45)ncc23)CCN1. The fraction of sp³-hybridized carbons (Fsp3) is 0.438. The van der Waals surface area contributed by atoms with Crippen molar-refractivity contribution in [1.29, 1.82) is 5.26 Å². The van der Waals surface area contributed by atoms with E-state index in [1.54, 1.807) is 12.3 Å². The van der Waals surface area contributed by atoms with E-state index < -0.39 is 5.82 Å². The van der Waals surface area contributed by atoms with Gasteiger partial charge in [-0.3, -0.25) is 4.98 Å². The molecule has 0 amide bonds. The van der Waals surface area contributed by atoms with Crippen molar-refractivity contribution >= 4 is 39.1 Å². The average molecular weight is 586 g/mol. The van der Waals surface area contributed by atoms with E-state index in [1.807, 2.05) is 30.3 Å². The van der Waals surface area contributed by atoms with Crippen LogP contribution in [-0.4, -0.2) is 71.8 Å². The van der Waals surface area contributed by atoms with E-state index in [1.165, 1.54) is 12.8 Å². The van der Waals surface area contributed by atoms with Crippen LogP contribution in [0.3, 0.4) is 0 Å². The highest BCUT2D eigenvalue weighted by Gasteiger charge is 2.45. The minimum Gasteiger partial charge on any atom is -0.463 e. The lowest BCUT2D eigenvalue weighted by molar-refractivity contribution is 0.170. The van der Waals surface area contributed by atoms with Crippen LogP contribution in [0.4, 0.5) is 10.2 Å². The molecule has 0 unspecified atom stereocenters. The van der Waals surface area contributed by atoms with Crippen LogP contribution in [0.25, 0.3) is 32.9 Å². The number of piperazine rings is 1. The van der Waals surface area contributed by atoms with Gasteiger partial charge in [0.1, 0.15) is 17.0 Å². The summed E-state index contributed by atoms with van der Waals surface area (Å²) in [5, 5.41) is 15.4. The Morgan fingerprint density at radius 2 is 1.93 bits per heavy atom. The Morgan fingerprint density at radius 1 is 1.12 bits per heavy atom. The molecule has 10 heteroatoms. The van der Waals surface area contributed by atoms with E-state index in [4.69, 9.17) is 21.3 Å². The number of ether oxygens (including phenoxy) is 1. The fourth-order valence-corrected chi connectivity index (χ4v) is 6.71. The van der Waals surface area contributed by atoms with Crippen LogP contribution in [0.15, 0.2) is 42.6 Å². The van der Waals surface area contributed by atoms with Crippen LogP contribution in [-0.2, 0) is 0 Å². The van der Waals surface area contributed by atoms with Gasteiger partial charge in [0.05, 0.1) is 24.5 Å². The van der Waals surface area contributed by atoms with Crippen LogP contribution in [0.1, 0.15) is 32.1 Å². The summed E-state index contributed by atoms with van der Waals surface area (Å²) in [5.41, 5.74) is 1.08. The number of nitrogens with one attached hydrogen (secondary N) is 1. The third kappa shape index (κ3) is 5.24. The molecule has 1 saturated carbocycles. The molecule has 8 nitrogen and oxygen atoms in total. The topological polar surface area (TPSA) is 90.2 Å². The zero-order valence-electron chi connectivity index (χ0n) is 23.5. The van der Waals surface area contributed by atoms with Crippen LogP contribution < -0.4 is 15.0 Å². The Labute approximate surface area is 249 Å². The number of aromatic nitrogens is 3. The third-order valence-corrected chi connectivity index (χ3v) is 9.18. The van der Waals surface area contributed by atoms with Gasteiger partial charge in [-0.1, -0.05) is 41.9 Å². The lowest BCUT2D eigenvalue weighted by Gasteiger charge is -2.34. The quantitative estimate of drug-likeness (QED) is 0.286. The number of halogens is 2. The Hall–Kier alpha value is -3.58. The normalized spacial score (nSPS) is 20.2. The summed E-state index contributed by atoms with van der Waals surface area (Å²) in [5.74, 6) is 0.0491. The molecule has 2 aliphatic heterocycles. The summed E-state index contributed by atoms with van der Waals surface area (Å²) < 4.78 is 22.9. The molecule has 3 fully saturated rings. The third-order valence-electron chi connectivity index (χ3n) is 8.87. The van der Waals surface area contributed by atoms with Crippen LogP contribution in [0.2, 0.25) is 5.02 Å². The van der Waals surface area contributed by atoms with Crippen molar-refractivity contribution in [2.24, 2.45) is 5.41 Å². The van der Waals surface area contributed by atoms with Gasteiger partial charge in [0, 0.05) is 59.8 Å². The van der Waals surface area contributed by atoms with E-state index in [9.17, 15) is 5.26 Å². The minimum atomic E-state index is -0.532. The second-order valence-electron chi connectivity index (χ2n) is 11.9. The van der Waals surface area contributed by atoms with Gasteiger partial charge in [0.25, 0.3) is 0 Å². The Morgan fingerprint density at radius 3 is 2.71 bits per heavy atom. The van der Waals surface area contributed by atoms with Gasteiger partial charge in [-0.2, -0.15) is 15.2 Å². The van der Waals surface area contributed by atoms with Crippen molar-refractivity contribution in [2.45, 2.75) is 38.1 Å². The van der Waals surface area contributed by atoms with Gasteiger partial charge in [0.2, 0.25) is 0 Å². The Balaban J connectivity index is 1.29. The summed E-state index contributed by atoms with van der Waals surface area (Å²) in [6.07, 6.45) is 6.76. The maximum absolute atomic E-state index is 16.6. The number of nitrogens with zero attached hydrogens (tertiary/aromatic N) is 6. The summed E-state index contributed by atoms with van der Waals surface area (Å²) in [4.78, 5) is 18.7. The minimum absolute atomic E-state index is 0.0109. The zero-order chi connectivity index (χ0) is 28.7. The molecule has 2 aromatic carbocycles. The maximum Gasteiger partial charge on any atom is 0.319 e. The second kappa shape index (κ2) is 11.3. The van der Waals surface area contributed by atoms with Crippen molar-refractivity contribution in [3.63, 3.8) is 0 Å².